The van der Waals surface area contributed by atoms with Gasteiger partial charge in [-0.1, -0.05) is 49.4 Å². The van der Waals surface area contributed by atoms with Crippen LogP contribution in [0.5, 0.6) is 0 Å². The van der Waals surface area contributed by atoms with Crippen molar-refractivity contribution in [2.75, 3.05) is 6.54 Å². The summed E-state index contributed by atoms with van der Waals surface area (Å²) in [7, 11) is 0. The zero-order valence-electron chi connectivity index (χ0n) is 13.0. The molecule has 122 valence electrons. The third kappa shape index (κ3) is 4.37. The summed E-state index contributed by atoms with van der Waals surface area (Å²) in [6.07, 6.45) is 0. The number of carbonyl (C=O) groups is 1. The van der Waals surface area contributed by atoms with E-state index in [2.05, 4.69) is 19.2 Å². The number of thiophene rings is 1. The van der Waals surface area contributed by atoms with Gasteiger partial charge >= 0.3 is 5.00 Å². The molecule has 1 amide bonds. The minimum atomic E-state index is -0.510. The lowest BCUT2D eigenvalue weighted by Crippen LogP contribution is -2.31. The molecule has 2 rings (SSSR count). The highest BCUT2D eigenvalue weighted by atomic mass is 32.1. The average Bonchev–Trinajstić information content (AvgIpc) is 3.02. The second kappa shape index (κ2) is 7.34. The van der Waals surface area contributed by atoms with Gasteiger partial charge in [0.15, 0.2) is 0 Å². The molecule has 1 atom stereocenters. The van der Waals surface area contributed by atoms with Crippen LogP contribution in [-0.2, 0) is 0 Å². The van der Waals surface area contributed by atoms with Crippen molar-refractivity contribution in [3.8, 4) is 0 Å². The Morgan fingerprint density at radius 1 is 1.22 bits per heavy atom. The molecule has 7 heteroatoms. The number of hydrogen-bond donors (Lipinski definition) is 2. The summed E-state index contributed by atoms with van der Waals surface area (Å²) >= 11 is 0.850. The maximum absolute atomic E-state index is 12.0. The van der Waals surface area contributed by atoms with Crippen LogP contribution in [0.1, 0.15) is 46.6 Å². The Bertz CT molecular complexity index is 695. The van der Waals surface area contributed by atoms with Gasteiger partial charge in [-0.3, -0.25) is 14.9 Å². The lowest BCUT2D eigenvalue weighted by atomic mass is 9.99. The molecule has 0 saturated heterocycles. The van der Waals surface area contributed by atoms with Crippen molar-refractivity contribution in [2.24, 2.45) is 5.73 Å². The highest BCUT2D eigenvalue weighted by molar-refractivity contribution is 7.17. The van der Waals surface area contributed by atoms with Crippen LogP contribution in [0.3, 0.4) is 0 Å². The topological polar surface area (TPSA) is 98.3 Å². The molecule has 0 saturated carbocycles. The van der Waals surface area contributed by atoms with E-state index in [4.69, 9.17) is 5.73 Å². The number of carbonyl (C=O) groups excluding carboxylic acids is 1. The van der Waals surface area contributed by atoms with Crippen molar-refractivity contribution in [3.05, 3.63) is 62.5 Å². The Balaban J connectivity index is 1.93. The molecular weight excluding hydrogens is 314 g/mol. The fraction of sp³-hybridized carbons (Fsp3) is 0.312. The largest absolute Gasteiger partial charge is 0.349 e. The first-order valence-corrected chi connectivity index (χ1v) is 8.08. The first-order chi connectivity index (χ1) is 10.9. The molecule has 1 heterocycles. The van der Waals surface area contributed by atoms with Crippen molar-refractivity contribution in [3.63, 3.8) is 0 Å². The zero-order valence-corrected chi connectivity index (χ0v) is 13.8. The van der Waals surface area contributed by atoms with Gasteiger partial charge in [0, 0.05) is 18.7 Å². The molecule has 0 aliphatic carbocycles. The van der Waals surface area contributed by atoms with E-state index in [0.29, 0.717) is 10.8 Å². The highest BCUT2D eigenvalue weighted by Crippen LogP contribution is 2.24. The van der Waals surface area contributed by atoms with Gasteiger partial charge in [0.05, 0.1) is 9.80 Å². The minimum Gasteiger partial charge on any atom is -0.349 e. The van der Waals surface area contributed by atoms with E-state index in [-0.39, 0.29) is 23.5 Å². The summed E-state index contributed by atoms with van der Waals surface area (Å²) < 4.78 is 0. The predicted octanol–water partition coefficient (Wildman–Crippen LogP) is 3.21. The second-order valence-electron chi connectivity index (χ2n) is 5.53. The molecule has 0 spiro atoms. The fourth-order valence-electron chi connectivity index (χ4n) is 2.08. The molecule has 1 aromatic carbocycles. The SMILES string of the molecule is CC(C)c1ccc(C(N)CNC(=O)c2ccc([N+](=O)[O-])s2)cc1. The van der Waals surface area contributed by atoms with E-state index in [1.165, 1.54) is 17.7 Å². The van der Waals surface area contributed by atoms with Gasteiger partial charge in [-0.2, -0.15) is 0 Å². The van der Waals surface area contributed by atoms with Gasteiger partial charge < -0.3 is 11.1 Å². The van der Waals surface area contributed by atoms with Crippen molar-refractivity contribution in [1.29, 1.82) is 0 Å². The van der Waals surface area contributed by atoms with Crippen molar-refractivity contribution < 1.29 is 9.72 Å². The summed E-state index contributed by atoms with van der Waals surface area (Å²) in [6.45, 7) is 4.51. The van der Waals surface area contributed by atoms with E-state index in [9.17, 15) is 14.9 Å². The molecule has 0 aliphatic rings. The summed E-state index contributed by atoms with van der Waals surface area (Å²) in [5.41, 5.74) is 8.25. The van der Waals surface area contributed by atoms with Crippen LogP contribution in [0, 0.1) is 10.1 Å². The lowest BCUT2D eigenvalue weighted by molar-refractivity contribution is -0.380. The fourth-order valence-corrected chi connectivity index (χ4v) is 2.82. The van der Waals surface area contributed by atoms with Crippen LogP contribution < -0.4 is 11.1 Å². The van der Waals surface area contributed by atoms with Gasteiger partial charge in [-0.15, -0.1) is 0 Å². The summed E-state index contributed by atoms with van der Waals surface area (Å²) in [5.74, 6) is 0.104. The van der Waals surface area contributed by atoms with E-state index in [1.54, 1.807) is 0 Å². The second-order valence-corrected chi connectivity index (χ2v) is 6.60. The number of amides is 1. The third-order valence-electron chi connectivity index (χ3n) is 3.51. The van der Waals surface area contributed by atoms with Crippen molar-refractivity contribution >= 4 is 22.2 Å². The standard InChI is InChI=1S/C16H19N3O3S/c1-10(2)11-3-5-12(6-4-11)13(17)9-18-16(20)14-7-8-15(23-14)19(21)22/h3-8,10,13H,9,17H2,1-2H3,(H,18,20). The Kier molecular flexibility index (Phi) is 5.46. The van der Waals surface area contributed by atoms with Gasteiger partial charge in [-0.05, 0) is 23.1 Å². The molecule has 0 aliphatic heterocycles. The Hall–Kier alpha value is -2.25. The molecule has 0 bridgehead atoms. The lowest BCUT2D eigenvalue weighted by Gasteiger charge is -2.14. The number of benzene rings is 1. The monoisotopic (exact) mass is 333 g/mol. The zero-order chi connectivity index (χ0) is 17.0. The average molecular weight is 333 g/mol. The van der Waals surface area contributed by atoms with Crippen LogP contribution in [0.15, 0.2) is 36.4 Å². The number of nitrogens with one attached hydrogen (secondary N) is 1. The third-order valence-corrected chi connectivity index (χ3v) is 4.55. The molecule has 3 N–H and O–H groups in total. The molecular formula is C16H19N3O3S. The molecule has 2 aromatic rings. The molecule has 6 nitrogen and oxygen atoms in total. The summed E-state index contributed by atoms with van der Waals surface area (Å²) in [4.78, 5) is 22.4. The van der Waals surface area contributed by atoms with Crippen LogP contribution in [0.2, 0.25) is 0 Å². The number of nitrogens with zero attached hydrogens (tertiary/aromatic N) is 1. The highest BCUT2D eigenvalue weighted by Gasteiger charge is 2.16. The normalized spacial score (nSPS) is 12.2. The van der Waals surface area contributed by atoms with Crippen molar-refractivity contribution in [2.45, 2.75) is 25.8 Å². The summed E-state index contributed by atoms with van der Waals surface area (Å²) in [5, 5.41) is 13.3. The van der Waals surface area contributed by atoms with Crippen molar-refractivity contribution in [1.82, 2.24) is 5.32 Å². The maximum atomic E-state index is 12.0. The molecule has 1 aromatic heterocycles. The Morgan fingerprint density at radius 3 is 2.35 bits per heavy atom. The number of rotatable bonds is 6. The van der Waals surface area contributed by atoms with E-state index in [1.807, 2.05) is 24.3 Å². The van der Waals surface area contributed by atoms with Gasteiger partial charge in [0.2, 0.25) is 0 Å². The quantitative estimate of drug-likeness (QED) is 0.626. The van der Waals surface area contributed by atoms with E-state index >= 15 is 0 Å². The van der Waals surface area contributed by atoms with Crippen LogP contribution >= 0.6 is 11.3 Å². The van der Waals surface area contributed by atoms with Crippen LogP contribution in [-0.4, -0.2) is 17.4 Å². The molecule has 0 radical (unpaired) electrons. The molecule has 23 heavy (non-hydrogen) atoms. The number of nitro groups is 1. The van der Waals surface area contributed by atoms with Gasteiger partial charge in [0.1, 0.15) is 0 Å². The maximum Gasteiger partial charge on any atom is 0.324 e. The van der Waals surface area contributed by atoms with E-state index in [0.717, 1.165) is 16.9 Å². The van der Waals surface area contributed by atoms with Crippen LogP contribution in [0.25, 0.3) is 0 Å². The Morgan fingerprint density at radius 2 is 1.83 bits per heavy atom. The number of hydrogen-bond acceptors (Lipinski definition) is 5. The van der Waals surface area contributed by atoms with Gasteiger partial charge in [0.25, 0.3) is 5.91 Å². The number of nitrogens with two attached hydrogens (primary N) is 1. The summed E-state index contributed by atoms with van der Waals surface area (Å²) in [6, 6.07) is 10.4. The predicted molar refractivity (Wildman–Crippen MR) is 90.8 cm³/mol. The van der Waals surface area contributed by atoms with E-state index < -0.39 is 4.92 Å². The smallest absolute Gasteiger partial charge is 0.324 e. The molecule has 0 fully saturated rings. The van der Waals surface area contributed by atoms with Gasteiger partial charge in [-0.25, -0.2) is 0 Å². The first kappa shape index (κ1) is 17.1. The van der Waals surface area contributed by atoms with Crippen LogP contribution in [0.4, 0.5) is 5.00 Å². The minimum absolute atomic E-state index is 0.0521. The Labute approximate surface area is 138 Å². The molecule has 1 unspecified atom stereocenters. The first-order valence-electron chi connectivity index (χ1n) is 7.26.